The highest BCUT2D eigenvalue weighted by molar-refractivity contribution is 7.99. The lowest BCUT2D eigenvalue weighted by Gasteiger charge is -2.37. The van der Waals surface area contributed by atoms with E-state index < -0.39 is 0 Å². The Hall–Kier alpha value is -0.0600. The molecule has 0 aromatic rings. The van der Waals surface area contributed by atoms with Gasteiger partial charge in [-0.05, 0) is 31.9 Å². The Labute approximate surface area is 108 Å². The quantitative estimate of drug-likeness (QED) is 0.709. The molecule has 2 saturated heterocycles. The number of rotatable bonds is 5. The summed E-state index contributed by atoms with van der Waals surface area (Å²) in [5, 5.41) is 0. The summed E-state index contributed by atoms with van der Waals surface area (Å²) in [5.74, 6) is 2.84. The van der Waals surface area contributed by atoms with Crippen LogP contribution >= 0.6 is 11.8 Å². The second-order valence-electron chi connectivity index (χ2n) is 4.94. The van der Waals surface area contributed by atoms with Crippen molar-refractivity contribution in [1.82, 2.24) is 0 Å². The Morgan fingerprint density at radius 3 is 3.18 bits per heavy atom. The maximum Gasteiger partial charge on any atom is 0.138 e. The second kappa shape index (κ2) is 6.21. The van der Waals surface area contributed by atoms with Crippen LogP contribution in [0.1, 0.15) is 32.6 Å². The largest absolute Gasteiger partial charge is 0.381 e. The summed E-state index contributed by atoms with van der Waals surface area (Å²) in [6.07, 6.45) is 3.52. The lowest BCUT2D eigenvalue weighted by atomic mass is 9.82. The molecule has 3 nitrogen and oxygen atoms in total. The van der Waals surface area contributed by atoms with Crippen molar-refractivity contribution < 1.29 is 14.3 Å². The van der Waals surface area contributed by atoms with Crippen LogP contribution in [0, 0.1) is 5.92 Å². The lowest BCUT2D eigenvalue weighted by Crippen LogP contribution is -2.42. The second-order valence-corrected chi connectivity index (χ2v) is 6.04. The van der Waals surface area contributed by atoms with Crippen molar-refractivity contribution in [2.75, 3.05) is 31.3 Å². The Bertz CT molecular complexity index is 261. The molecule has 98 valence electrons. The molecule has 2 aliphatic rings. The summed E-state index contributed by atoms with van der Waals surface area (Å²) in [5.41, 5.74) is 0.0227. The molecule has 0 amide bonds. The van der Waals surface area contributed by atoms with E-state index in [9.17, 15) is 4.79 Å². The monoisotopic (exact) mass is 258 g/mol. The fourth-order valence-corrected chi connectivity index (χ4v) is 4.07. The van der Waals surface area contributed by atoms with Gasteiger partial charge < -0.3 is 9.47 Å². The van der Waals surface area contributed by atoms with Gasteiger partial charge in [0.2, 0.25) is 0 Å². The van der Waals surface area contributed by atoms with Crippen LogP contribution in [0.5, 0.6) is 0 Å². The normalized spacial score (nSPS) is 33.1. The van der Waals surface area contributed by atoms with Crippen molar-refractivity contribution in [3.8, 4) is 0 Å². The van der Waals surface area contributed by atoms with Gasteiger partial charge in [0.15, 0.2) is 0 Å². The van der Waals surface area contributed by atoms with Gasteiger partial charge in [-0.3, -0.25) is 4.79 Å². The minimum Gasteiger partial charge on any atom is -0.381 e. The average Bonchev–Trinajstić information content (AvgIpc) is 2.77. The van der Waals surface area contributed by atoms with Gasteiger partial charge >= 0.3 is 0 Å². The Morgan fingerprint density at radius 1 is 1.59 bits per heavy atom. The maximum absolute atomic E-state index is 12.1. The van der Waals surface area contributed by atoms with E-state index in [0.717, 1.165) is 31.6 Å². The molecule has 2 heterocycles. The summed E-state index contributed by atoms with van der Waals surface area (Å²) in [7, 11) is 0. The highest BCUT2D eigenvalue weighted by Gasteiger charge is 2.42. The predicted molar refractivity (Wildman–Crippen MR) is 69.5 cm³/mol. The van der Waals surface area contributed by atoms with Crippen LogP contribution < -0.4 is 0 Å². The number of ether oxygens (including phenoxy) is 2. The van der Waals surface area contributed by atoms with Crippen LogP contribution in [0.3, 0.4) is 0 Å². The van der Waals surface area contributed by atoms with E-state index in [0.29, 0.717) is 25.4 Å². The molecule has 0 N–H and O–H groups in total. The van der Waals surface area contributed by atoms with Gasteiger partial charge in [0.05, 0.1) is 12.2 Å². The van der Waals surface area contributed by atoms with E-state index in [1.54, 1.807) is 0 Å². The molecule has 2 fully saturated rings. The highest BCUT2D eigenvalue weighted by atomic mass is 32.2. The van der Waals surface area contributed by atoms with Crippen LogP contribution in [0.25, 0.3) is 0 Å². The minimum absolute atomic E-state index is 0.0227. The molecule has 0 bridgehead atoms. The first-order chi connectivity index (χ1) is 8.26. The van der Waals surface area contributed by atoms with Crippen molar-refractivity contribution in [1.29, 1.82) is 0 Å². The van der Waals surface area contributed by atoms with Gasteiger partial charge in [-0.15, -0.1) is 0 Å². The fourth-order valence-electron chi connectivity index (χ4n) is 2.69. The van der Waals surface area contributed by atoms with Crippen molar-refractivity contribution in [3.05, 3.63) is 0 Å². The third kappa shape index (κ3) is 3.46. The van der Waals surface area contributed by atoms with E-state index in [2.05, 4.69) is 0 Å². The van der Waals surface area contributed by atoms with Gasteiger partial charge in [-0.2, -0.15) is 11.8 Å². The molecular weight excluding hydrogens is 236 g/mol. The Kier molecular flexibility index (Phi) is 4.88. The van der Waals surface area contributed by atoms with Crippen LogP contribution in [-0.4, -0.2) is 42.7 Å². The minimum atomic E-state index is 0.0227. The maximum atomic E-state index is 12.1. The first-order valence-electron chi connectivity index (χ1n) is 6.58. The Morgan fingerprint density at radius 2 is 2.47 bits per heavy atom. The van der Waals surface area contributed by atoms with Gasteiger partial charge in [0.1, 0.15) is 5.78 Å². The van der Waals surface area contributed by atoms with Gasteiger partial charge in [0.25, 0.3) is 0 Å². The number of Topliss-reactive ketones (excluding diaryl/α,β-unsaturated/α-hetero) is 1. The molecule has 17 heavy (non-hydrogen) atoms. The number of hydrogen-bond donors (Lipinski definition) is 0. The predicted octanol–water partition coefficient (Wildman–Crippen LogP) is 2.28. The van der Waals surface area contributed by atoms with Crippen molar-refractivity contribution >= 4 is 17.5 Å². The number of thioether (sulfide) groups is 1. The number of hydrogen-bond acceptors (Lipinski definition) is 4. The standard InChI is InChI=1S/C13H22O3S/c1-2-15-6-4-12(14)11-3-7-16-13(9-11)5-8-17-10-13/h11H,2-10H2,1H3. The number of carbonyl (C=O) groups is 1. The average molecular weight is 258 g/mol. The smallest absolute Gasteiger partial charge is 0.138 e. The first kappa shape index (κ1) is 13.4. The molecule has 2 unspecified atom stereocenters. The van der Waals surface area contributed by atoms with E-state index in [1.807, 2.05) is 18.7 Å². The molecule has 0 aliphatic carbocycles. The van der Waals surface area contributed by atoms with Gasteiger partial charge in [0, 0.05) is 31.3 Å². The Balaban J connectivity index is 1.82. The summed E-state index contributed by atoms with van der Waals surface area (Å²) >= 11 is 1.95. The zero-order chi connectivity index (χ0) is 12.1. The van der Waals surface area contributed by atoms with Crippen LogP contribution in [0.2, 0.25) is 0 Å². The van der Waals surface area contributed by atoms with Crippen LogP contribution in [-0.2, 0) is 14.3 Å². The van der Waals surface area contributed by atoms with Gasteiger partial charge in [-0.25, -0.2) is 0 Å². The molecule has 0 aromatic carbocycles. The zero-order valence-corrected chi connectivity index (χ0v) is 11.4. The third-order valence-electron chi connectivity index (χ3n) is 3.71. The summed E-state index contributed by atoms with van der Waals surface area (Å²) in [4.78, 5) is 12.1. The molecule has 2 aliphatic heterocycles. The van der Waals surface area contributed by atoms with Crippen molar-refractivity contribution in [3.63, 3.8) is 0 Å². The molecule has 1 spiro atoms. The van der Waals surface area contributed by atoms with Crippen LogP contribution in [0.15, 0.2) is 0 Å². The lowest BCUT2D eigenvalue weighted by molar-refractivity contribution is -0.135. The molecule has 0 saturated carbocycles. The zero-order valence-electron chi connectivity index (χ0n) is 10.6. The van der Waals surface area contributed by atoms with E-state index in [4.69, 9.17) is 9.47 Å². The van der Waals surface area contributed by atoms with Gasteiger partial charge in [-0.1, -0.05) is 0 Å². The SMILES string of the molecule is CCOCCC(=O)C1CCOC2(CCSC2)C1. The fraction of sp³-hybridized carbons (Fsp3) is 0.923. The molecule has 4 heteroatoms. The topological polar surface area (TPSA) is 35.5 Å². The van der Waals surface area contributed by atoms with E-state index in [1.165, 1.54) is 5.75 Å². The summed E-state index contributed by atoms with van der Waals surface area (Å²) < 4.78 is 11.2. The van der Waals surface area contributed by atoms with E-state index in [-0.39, 0.29) is 11.5 Å². The molecule has 2 rings (SSSR count). The molecule has 0 radical (unpaired) electrons. The van der Waals surface area contributed by atoms with Crippen molar-refractivity contribution in [2.24, 2.45) is 5.92 Å². The van der Waals surface area contributed by atoms with E-state index >= 15 is 0 Å². The van der Waals surface area contributed by atoms with Crippen LogP contribution in [0.4, 0.5) is 0 Å². The third-order valence-corrected chi connectivity index (χ3v) is 4.94. The molecular formula is C13H22O3S. The first-order valence-corrected chi connectivity index (χ1v) is 7.73. The summed E-state index contributed by atoms with van der Waals surface area (Å²) in [6, 6.07) is 0. The van der Waals surface area contributed by atoms with Crippen molar-refractivity contribution in [2.45, 2.75) is 38.2 Å². The highest BCUT2D eigenvalue weighted by Crippen LogP contribution is 2.40. The molecule has 2 atom stereocenters. The number of ketones is 1. The molecule has 0 aromatic heterocycles. The summed E-state index contributed by atoms with van der Waals surface area (Å²) in [6.45, 7) is 3.99. The number of carbonyl (C=O) groups excluding carboxylic acids is 1.